The van der Waals surface area contributed by atoms with E-state index in [1.54, 1.807) is 9.80 Å². The Kier molecular flexibility index (Phi) is 8.00. The van der Waals surface area contributed by atoms with Gasteiger partial charge in [0, 0.05) is 32.2 Å². The van der Waals surface area contributed by atoms with E-state index in [0.29, 0.717) is 19.2 Å². The molecule has 0 unspecified atom stereocenters. The molecule has 0 saturated carbocycles. The number of nitro groups is 1. The van der Waals surface area contributed by atoms with E-state index in [1.807, 2.05) is 0 Å². The number of aliphatic carboxylic acids is 1. The van der Waals surface area contributed by atoms with Crippen molar-refractivity contribution in [3.8, 4) is 0 Å². The zero-order valence-corrected chi connectivity index (χ0v) is 15.3. The molecule has 0 aliphatic carbocycles. The summed E-state index contributed by atoms with van der Waals surface area (Å²) in [6, 6.07) is 2.39. The Morgan fingerprint density at radius 3 is 2.32 bits per heavy atom. The average molecular weight is 427 g/mol. The Labute approximate surface area is 163 Å². The molecule has 156 valence electrons. The maximum absolute atomic E-state index is 12.8. The molecule has 0 atom stereocenters. The first-order valence-electron chi connectivity index (χ1n) is 7.89. The molecule has 1 aromatic carbocycles. The third-order valence-electron chi connectivity index (χ3n) is 4.02. The second-order valence-electron chi connectivity index (χ2n) is 5.89. The van der Waals surface area contributed by atoms with E-state index in [4.69, 9.17) is 5.11 Å². The van der Waals surface area contributed by atoms with Gasteiger partial charge in [-0.15, -0.1) is 12.4 Å². The smallest absolute Gasteiger partial charge is 0.416 e. The van der Waals surface area contributed by atoms with Crippen LogP contribution in [0.5, 0.6) is 0 Å². The predicted octanol–water partition coefficient (Wildman–Crippen LogP) is 1.36. The summed E-state index contributed by atoms with van der Waals surface area (Å²) >= 11 is 0. The van der Waals surface area contributed by atoms with Crippen LogP contribution in [0.1, 0.15) is 5.56 Å². The molecule has 1 amide bonds. The van der Waals surface area contributed by atoms with E-state index in [1.165, 1.54) is 0 Å². The third-order valence-corrected chi connectivity index (χ3v) is 4.02. The van der Waals surface area contributed by atoms with Crippen LogP contribution in [-0.4, -0.2) is 66.1 Å². The molecule has 28 heavy (non-hydrogen) atoms. The van der Waals surface area contributed by atoms with Crippen LogP contribution in [0.3, 0.4) is 0 Å². The van der Waals surface area contributed by atoms with Gasteiger partial charge in [-0.1, -0.05) is 0 Å². The van der Waals surface area contributed by atoms with Crippen molar-refractivity contribution in [3.63, 3.8) is 0 Å². The summed E-state index contributed by atoms with van der Waals surface area (Å²) in [5.41, 5.74) is -1.63. The van der Waals surface area contributed by atoms with Gasteiger partial charge in [0.05, 0.1) is 17.0 Å². The summed E-state index contributed by atoms with van der Waals surface area (Å²) in [6.45, 7) is 0.723. The number of benzene rings is 1. The van der Waals surface area contributed by atoms with Crippen molar-refractivity contribution in [2.45, 2.75) is 6.18 Å². The fraction of sp³-hybridized carbons (Fsp3) is 0.467. The van der Waals surface area contributed by atoms with Gasteiger partial charge >= 0.3 is 12.1 Å². The summed E-state index contributed by atoms with van der Waals surface area (Å²) in [5.74, 6) is -1.63. The first-order chi connectivity index (χ1) is 12.6. The first kappa shape index (κ1) is 23.4. The molecule has 1 aliphatic heterocycles. The lowest BCUT2D eigenvalue weighted by Gasteiger charge is -2.35. The molecular formula is C15H18ClF3N4O5. The van der Waals surface area contributed by atoms with Crippen LogP contribution in [0.2, 0.25) is 0 Å². The number of nitro benzene ring substituents is 1. The Balaban J connectivity index is 0.00000392. The number of carboxylic acids is 1. The molecule has 13 heteroatoms. The lowest BCUT2D eigenvalue weighted by molar-refractivity contribution is -0.384. The summed E-state index contributed by atoms with van der Waals surface area (Å²) in [6.07, 6.45) is -4.68. The zero-order chi connectivity index (χ0) is 20.2. The van der Waals surface area contributed by atoms with Crippen LogP contribution >= 0.6 is 12.4 Å². The predicted molar refractivity (Wildman–Crippen MR) is 94.6 cm³/mol. The van der Waals surface area contributed by atoms with E-state index in [0.717, 1.165) is 12.1 Å². The number of carbonyl (C=O) groups excluding carboxylic acids is 1. The minimum absolute atomic E-state index is 0. The SMILES string of the molecule is Cl.O=C(O)CNC(=O)CN1CCN(c2ccc(C(F)(F)F)cc2[N+](=O)[O-])CC1. The van der Waals surface area contributed by atoms with E-state index in [2.05, 4.69) is 5.32 Å². The topological polar surface area (TPSA) is 116 Å². The van der Waals surface area contributed by atoms with Gasteiger partial charge in [-0.25, -0.2) is 0 Å². The standard InChI is InChI=1S/C15H17F3N4O5.ClH/c16-15(17,18)10-1-2-11(12(7-10)22(26)27)21-5-3-20(4-6-21)9-13(23)19-8-14(24)25;/h1-2,7H,3-6,8-9H2,(H,19,23)(H,24,25);1H. The Bertz CT molecular complexity index is 739. The number of carbonyl (C=O) groups is 2. The number of carboxylic acid groups (broad SMARTS) is 1. The van der Waals surface area contributed by atoms with E-state index < -0.39 is 40.8 Å². The highest BCUT2D eigenvalue weighted by Crippen LogP contribution is 2.36. The third kappa shape index (κ3) is 6.23. The molecule has 1 fully saturated rings. The van der Waals surface area contributed by atoms with Gasteiger partial charge in [0.1, 0.15) is 12.2 Å². The van der Waals surface area contributed by atoms with Crippen LogP contribution in [0.25, 0.3) is 0 Å². The van der Waals surface area contributed by atoms with Crippen molar-refractivity contribution in [2.24, 2.45) is 0 Å². The number of halogens is 4. The molecule has 2 rings (SSSR count). The zero-order valence-electron chi connectivity index (χ0n) is 14.4. The quantitative estimate of drug-likeness (QED) is 0.521. The minimum Gasteiger partial charge on any atom is -0.480 e. The van der Waals surface area contributed by atoms with E-state index in [-0.39, 0.29) is 37.7 Å². The fourth-order valence-corrected chi connectivity index (χ4v) is 2.69. The molecule has 1 heterocycles. The molecule has 0 radical (unpaired) electrons. The molecular weight excluding hydrogens is 409 g/mol. The van der Waals surface area contributed by atoms with Crippen LogP contribution in [0.15, 0.2) is 18.2 Å². The van der Waals surface area contributed by atoms with Crippen LogP contribution < -0.4 is 10.2 Å². The number of piperazine rings is 1. The number of alkyl halides is 3. The monoisotopic (exact) mass is 426 g/mol. The van der Waals surface area contributed by atoms with Gasteiger partial charge < -0.3 is 15.3 Å². The molecule has 2 N–H and O–H groups in total. The lowest BCUT2D eigenvalue weighted by atomic mass is 10.1. The molecule has 0 aromatic heterocycles. The highest BCUT2D eigenvalue weighted by Gasteiger charge is 2.34. The molecule has 9 nitrogen and oxygen atoms in total. The Hall–Kier alpha value is -2.60. The summed E-state index contributed by atoms with van der Waals surface area (Å²) in [4.78, 5) is 35.7. The van der Waals surface area contributed by atoms with Gasteiger partial charge in [-0.2, -0.15) is 13.2 Å². The van der Waals surface area contributed by atoms with Crippen molar-refractivity contribution >= 4 is 35.7 Å². The lowest BCUT2D eigenvalue weighted by Crippen LogP contribution is -2.50. The van der Waals surface area contributed by atoms with Crippen molar-refractivity contribution in [3.05, 3.63) is 33.9 Å². The van der Waals surface area contributed by atoms with E-state index in [9.17, 15) is 32.9 Å². The van der Waals surface area contributed by atoms with Crippen LogP contribution in [-0.2, 0) is 15.8 Å². The maximum Gasteiger partial charge on any atom is 0.416 e. The summed E-state index contributed by atoms with van der Waals surface area (Å²) < 4.78 is 38.3. The van der Waals surface area contributed by atoms with Crippen molar-refractivity contribution < 1.29 is 32.8 Å². The summed E-state index contributed by atoms with van der Waals surface area (Å²) in [7, 11) is 0. The van der Waals surface area contributed by atoms with Gasteiger partial charge in [-0.05, 0) is 12.1 Å². The molecule has 1 aromatic rings. The Morgan fingerprint density at radius 2 is 1.82 bits per heavy atom. The van der Waals surface area contributed by atoms with E-state index >= 15 is 0 Å². The maximum atomic E-state index is 12.8. The number of hydrogen-bond acceptors (Lipinski definition) is 6. The van der Waals surface area contributed by atoms with Gasteiger partial charge in [0.15, 0.2) is 0 Å². The average Bonchev–Trinajstić information content (AvgIpc) is 2.59. The van der Waals surface area contributed by atoms with Gasteiger partial charge in [-0.3, -0.25) is 24.6 Å². The molecule has 1 saturated heterocycles. The Morgan fingerprint density at radius 1 is 1.21 bits per heavy atom. The van der Waals surface area contributed by atoms with Crippen LogP contribution in [0, 0.1) is 10.1 Å². The van der Waals surface area contributed by atoms with Crippen molar-refractivity contribution in [1.29, 1.82) is 0 Å². The van der Waals surface area contributed by atoms with Crippen LogP contribution in [0.4, 0.5) is 24.5 Å². The summed E-state index contributed by atoms with van der Waals surface area (Å²) in [5, 5.41) is 21.9. The number of nitrogens with zero attached hydrogens (tertiary/aromatic N) is 3. The second-order valence-corrected chi connectivity index (χ2v) is 5.89. The van der Waals surface area contributed by atoms with Gasteiger partial charge in [0.25, 0.3) is 5.69 Å². The minimum atomic E-state index is -4.68. The second kappa shape index (κ2) is 9.55. The number of amides is 1. The van der Waals surface area contributed by atoms with Crippen molar-refractivity contribution in [2.75, 3.05) is 44.2 Å². The number of anilines is 1. The molecule has 0 bridgehead atoms. The number of nitrogens with one attached hydrogen (secondary N) is 1. The molecule has 0 spiro atoms. The normalized spacial score (nSPS) is 14.9. The largest absolute Gasteiger partial charge is 0.480 e. The molecule has 1 aliphatic rings. The number of hydrogen-bond donors (Lipinski definition) is 2. The fourth-order valence-electron chi connectivity index (χ4n) is 2.69. The van der Waals surface area contributed by atoms with Gasteiger partial charge in [0.2, 0.25) is 5.91 Å². The highest BCUT2D eigenvalue weighted by atomic mass is 35.5. The van der Waals surface area contributed by atoms with Crippen molar-refractivity contribution in [1.82, 2.24) is 10.2 Å². The first-order valence-corrected chi connectivity index (χ1v) is 7.89. The highest BCUT2D eigenvalue weighted by molar-refractivity contribution is 5.85. The number of rotatable bonds is 6.